The molecule has 0 radical (unpaired) electrons. The van der Waals surface area contributed by atoms with Crippen LogP contribution in [0.1, 0.15) is 29.6 Å². The fourth-order valence-electron chi connectivity index (χ4n) is 2.55. The van der Waals surface area contributed by atoms with Gasteiger partial charge in [0.2, 0.25) is 0 Å². The lowest BCUT2D eigenvalue weighted by molar-refractivity contribution is 0.0943. The third-order valence-electron chi connectivity index (χ3n) is 3.61. The zero-order valence-corrected chi connectivity index (χ0v) is 10.2. The van der Waals surface area contributed by atoms with Crippen LogP contribution in [0, 0.1) is 17.7 Å². The molecule has 1 amide bonds. The SMILES string of the molecule is NCC1CCCC1CNC(=O)c1cncc(F)c1. The molecule has 0 saturated heterocycles. The number of amides is 1. The molecule has 0 aromatic carbocycles. The van der Waals surface area contributed by atoms with Gasteiger partial charge in [-0.25, -0.2) is 4.39 Å². The van der Waals surface area contributed by atoms with Crippen molar-refractivity contribution in [2.24, 2.45) is 17.6 Å². The summed E-state index contributed by atoms with van der Waals surface area (Å²) in [6, 6.07) is 1.19. The molecule has 1 fully saturated rings. The summed E-state index contributed by atoms with van der Waals surface area (Å²) in [6.07, 6.45) is 5.86. The molecule has 2 unspecified atom stereocenters. The van der Waals surface area contributed by atoms with E-state index in [4.69, 9.17) is 5.73 Å². The Morgan fingerprint density at radius 1 is 1.44 bits per heavy atom. The van der Waals surface area contributed by atoms with Crippen molar-refractivity contribution in [2.45, 2.75) is 19.3 Å². The minimum Gasteiger partial charge on any atom is -0.352 e. The molecule has 0 aliphatic heterocycles. The summed E-state index contributed by atoms with van der Waals surface area (Å²) in [4.78, 5) is 15.5. The zero-order valence-electron chi connectivity index (χ0n) is 10.2. The quantitative estimate of drug-likeness (QED) is 0.848. The summed E-state index contributed by atoms with van der Waals surface area (Å²) < 4.78 is 12.9. The van der Waals surface area contributed by atoms with E-state index in [0.717, 1.165) is 19.0 Å². The number of hydrogen-bond donors (Lipinski definition) is 2. The third-order valence-corrected chi connectivity index (χ3v) is 3.61. The highest BCUT2D eigenvalue weighted by Gasteiger charge is 2.26. The summed E-state index contributed by atoms with van der Waals surface area (Å²) >= 11 is 0. The second kappa shape index (κ2) is 5.91. The van der Waals surface area contributed by atoms with E-state index in [9.17, 15) is 9.18 Å². The van der Waals surface area contributed by atoms with Crippen molar-refractivity contribution in [3.8, 4) is 0 Å². The standard InChI is InChI=1S/C13H18FN3O/c14-12-4-11(6-16-8-12)13(18)17-7-10-3-1-2-9(10)5-15/h4,6,8-10H,1-3,5,7,15H2,(H,17,18). The Bertz CT molecular complexity index is 424. The Morgan fingerprint density at radius 2 is 2.22 bits per heavy atom. The van der Waals surface area contributed by atoms with Gasteiger partial charge in [-0.1, -0.05) is 6.42 Å². The second-order valence-corrected chi connectivity index (χ2v) is 4.79. The van der Waals surface area contributed by atoms with Crippen LogP contribution in [0.4, 0.5) is 4.39 Å². The monoisotopic (exact) mass is 251 g/mol. The van der Waals surface area contributed by atoms with Crippen LogP contribution < -0.4 is 11.1 Å². The predicted molar refractivity (Wildman–Crippen MR) is 66.4 cm³/mol. The first-order chi connectivity index (χ1) is 8.70. The number of rotatable bonds is 4. The van der Waals surface area contributed by atoms with Gasteiger partial charge in [0.05, 0.1) is 11.8 Å². The Labute approximate surface area is 106 Å². The number of nitrogens with zero attached hydrogens (tertiary/aromatic N) is 1. The molecule has 18 heavy (non-hydrogen) atoms. The van der Waals surface area contributed by atoms with E-state index < -0.39 is 5.82 Å². The molecular weight excluding hydrogens is 233 g/mol. The number of carbonyl (C=O) groups excluding carboxylic acids is 1. The molecule has 1 heterocycles. The number of nitrogens with two attached hydrogens (primary N) is 1. The highest BCUT2D eigenvalue weighted by atomic mass is 19.1. The fourth-order valence-corrected chi connectivity index (χ4v) is 2.55. The highest BCUT2D eigenvalue weighted by Crippen LogP contribution is 2.30. The molecule has 1 aliphatic rings. The van der Waals surface area contributed by atoms with E-state index >= 15 is 0 Å². The lowest BCUT2D eigenvalue weighted by atomic mass is 9.96. The molecule has 3 N–H and O–H groups in total. The first-order valence-corrected chi connectivity index (χ1v) is 6.29. The third kappa shape index (κ3) is 3.04. The summed E-state index contributed by atoms with van der Waals surface area (Å²) in [5.41, 5.74) is 5.95. The number of aromatic nitrogens is 1. The van der Waals surface area contributed by atoms with E-state index in [1.54, 1.807) is 0 Å². The average Bonchev–Trinajstić information content (AvgIpc) is 2.83. The summed E-state index contributed by atoms with van der Waals surface area (Å²) in [7, 11) is 0. The van der Waals surface area contributed by atoms with Crippen LogP contribution in [0.15, 0.2) is 18.5 Å². The van der Waals surface area contributed by atoms with Crippen molar-refractivity contribution in [2.75, 3.05) is 13.1 Å². The Kier molecular flexibility index (Phi) is 4.25. The van der Waals surface area contributed by atoms with Crippen LogP contribution in [0.2, 0.25) is 0 Å². The van der Waals surface area contributed by atoms with Crippen LogP contribution in [0.3, 0.4) is 0 Å². The molecule has 1 aromatic heterocycles. The molecule has 2 atom stereocenters. The molecule has 1 aliphatic carbocycles. The van der Waals surface area contributed by atoms with Gasteiger partial charge in [0.25, 0.3) is 5.91 Å². The Hall–Kier alpha value is -1.49. The lowest BCUT2D eigenvalue weighted by Crippen LogP contribution is -2.32. The van der Waals surface area contributed by atoms with Gasteiger partial charge in [0.15, 0.2) is 0 Å². The normalized spacial score (nSPS) is 23.0. The molecule has 1 saturated carbocycles. The zero-order chi connectivity index (χ0) is 13.0. The predicted octanol–water partition coefficient (Wildman–Crippen LogP) is 1.33. The van der Waals surface area contributed by atoms with Gasteiger partial charge in [-0.05, 0) is 37.3 Å². The van der Waals surface area contributed by atoms with Gasteiger partial charge in [-0.15, -0.1) is 0 Å². The highest BCUT2D eigenvalue weighted by molar-refractivity contribution is 5.93. The number of carbonyl (C=O) groups is 1. The average molecular weight is 251 g/mol. The molecule has 0 spiro atoms. The molecule has 98 valence electrons. The van der Waals surface area contributed by atoms with Crippen molar-refractivity contribution < 1.29 is 9.18 Å². The topological polar surface area (TPSA) is 68.0 Å². The van der Waals surface area contributed by atoms with E-state index in [1.165, 1.54) is 18.7 Å². The van der Waals surface area contributed by atoms with Crippen LogP contribution in [0.25, 0.3) is 0 Å². The van der Waals surface area contributed by atoms with Crippen LogP contribution in [-0.4, -0.2) is 24.0 Å². The first-order valence-electron chi connectivity index (χ1n) is 6.29. The largest absolute Gasteiger partial charge is 0.352 e. The van der Waals surface area contributed by atoms with E-state index in [1.807, 2.05) is 0 Å². The Morgan fingerprint density at radius 3 is 2.94 bits per heavy atom. The summed E-state index contributed by atoms with van der Waals surface area (Å²) in [5.74, 6) is 0.171. The molecule has 4 nitrogen and oxygen atoms in total. The van der Waals surface area contributed by atoms with Gasteiger partial charge in [0, 0.05) is 12.7 Å². The van der Waals surface area contributed by atoms with Gasteiger partial charge in [0.1, 0.15) is 5.82 Å². The van der Waals surface area contributed by atoms with Crippen LogP contribution >= 0.6 is 0 Å². The smallest absolute Gasteiger partial charge is 0.252 e. The van der Waals surface area contributed by atoms with E-state index in [0.29, 0.717) is 24.9 Å². The number of hydrogen-bond acceptors (Lipinski definition) is 3. The number of nitrogens with one attached hydrogen (secondary N) is 1. The van der Waals surface area contributed by atoms with E-state index in [-0.39, 0.29) is 11.5 Å². The molecule has 1 aromatic rings. The number of pyridine rings is 1. The lowest BCUT2D eigenvalue weighted by Gasteiger charge is -2.18. The maximum absolute atomic E-state index is 12.9. The maximum Gasteiger partial charge on any atom is 0.252 e. The molecular formula is C13H18FN3O. The van der Waals surface area contributed by atoms with Gasteiger partial charge in [-0.3, -0.25) is 9.78 Å². The minimum atomic E-state index is -0.497. The first kappa shape index (κ1) is 13.0. The second-order valence-electron chi connectivity index (χ2n) is 4.79. The Balaban J connectivity index is 1.88. The molecule has 2 rings (SSSR count). The van der Waals surface area contributed by atoms with Gasteiger partial charge >= 0.3 is 0 Å². The van der Waals surface area contributed by atoms with Crippen molar-refractivity contribution in [1.82, 2.24) is 10.3 Å². The molecule has 0 bridgehead atoms. The minimum absolute atomic E-state index is 0.261. The maximum atomic E-state index is 12.9. The summed E-state index contributed by atoms with van der Waals surface area (Å²) in [6.45, 7) is 1.28. The number of halogens is 1. The van der Waals surface area contributed by atoms with Gasteiger partial charge in [-0.2, -0.15) is 0 Å². The van der Waals surface area contributed by atoms with Crippen LogP contribution in [-0.2, 0) is 0 Å². The van der Waals surface area contributed by atoms with Crippen molar-refractivity contribution in [1.29, 1.82) is 0 Å². The van der Waals surface area contributed by atoms with Gasteiger partial charge < -0.3 is 11.1 Å². The molecule has 5 heteroatoms. The van der Waals surface area contributed by atoms with Crippen LogP contribution in [0.5, 0.6) is 0 Å². The fraction of sp³-hybridized carbons (Fsp3) is 0.538. The van der Waals surface area contributed by atoms with Crippen molar-refractivity contribution >= 4 is 5.91 Å². The van der Waals surface area contributed by atoms with E-state index in [2.05, 4.69) is 10.3 Å². The van der Waals surface area contributed by atoms with Crippen molar-refractivity contribution in [3.05, 3.63) is 29.8 Å². The van der Waals surface area contributed by atoms with Crippen molar-refractivity contribution in [3.63, 3.8) is 0 Å². The summed E-state index contributed by atoms with van der Waals surface area (Å²) in [5, 5.41) is 2.83.